The first-order valence-corrected chi connectivity index (χ1v) is 11.3. The fraction of sp³-hybridized carbons (Fsp3) is 0.185. The first kappa shape index (κ1) is 18.9. The third kappa shape index (κ3) is 3.50. The molecule has 28 heavy (non-hydrogen) atoms. The third-order valence-corrected chi connectivity index (χ3v) is 8.42. The van der Waals surface area contributed by atoms with Crippen molar-refractivity contribution in [1.82, 2.24) is 0 Å². The average Bonchev–Trinajstić information content (AvgIpc) is 3.03. The predicted molar refractivity (Wildman–Crippen MR) is 126 cm³/mol. The Balaban J connectivity index is 1.97. The zero-order chi connectivity index (χ0) is 19.7. The van der Waals surface area contributed by atoms with Crippen molar-refractivity contribution in [2.45, 2.75) is 34.1 Å². The van der Waals surface area contributed by atoms with Gasteiger partial charge in [-0.2, -0.15) is 0 Å². The van der Waals surface area contributed by atoms with Crippen LogP contribution in [0, 0.1) is 13.8 Å². The number of benzene rings is 3. The van der Waals surface area contributed by atoms with Crippen LogP contribution in [0.15, 0.2) is 90.0 Å². The molecule has 140 valence electrons. The quantitative estimate of drug-likeness (QED) is 0.472. The van der Waals surface area contributed by atoms with E-state index in [1.165, 1.54) is 49.3 Å². The molecule has 0 aromatic heterocycles. The third-order valence-electron chi connectivity index (χ3n) is 5.58. The second-order valence-corrected chi connectivity index (χ2v) is 9.87. The molecule has 0 bridgehead atoms. The van der Waals surface area contributed by atoms with Crippen LogP contribution in [-0.4, -0.2) is 0 Å². The highest BCUT2D eigenvalue weighted by Gasteiger charge is 2.24. The van der Waals surface area contributed by atoms with Crippen LogP contribution in [0.4, 0.5) is 0 Å². The Hall–Kier alpha value is -2.43. The highest BCUT2D eigenvalue weighted by molar-refractivity contribution is 7.80. The normalized spacial score (nSPS) is 14.0. The average molecular weight is 382 g/mol. The monoisotopic (exact) mass is 382 g/mol. The molecule has 0 radical (unpaired) electrons. The molecule has 4 rings (SSSR count). The van der Waals surface area contributed by atoms with E-state index in [1.807, 2.05) is 0 Å². The van der Waals surface area contributed by atoms with Gasteiger partial charge in [0, 0.05) is 0 Å². The number of hydrogen-bond acceptors (Lipinski definition) is 0. The SMILES string of the molecule is CC1=CC(C)=C(c2ccccc2P(c2ccccc2C)c2ccccc2C)C1. The van der Waals surface area contributed by atoms with Crippen molar-refractivity contribution in [3.05, 3.63) is 107 Å². The van der Waals surface area contributed by atoms with Crippen LogP contribution >= 0.6 is 7.92 Å². The molecule has 3 aromatic rings. The van der Waals surface area contributed by atoms with Crippen molar-refractivity contribution in [3.63, 3.8) is 0 Å². The van der Waals surface area contributed by atoms with Crippen LogP contribution in [0.1, 0.15) is 37.0 Å². The predicted octanol–water partition coefficient (Wildman–Crippen LogP) is 6.19. The van der Waals surface area contributed by atoms with Crippen molar-refractivity contribution in [2.24, 2.45) is 0 Å². The van der Waals surface area contributed by atoms with E-state index in [0.29, 0.717) is 0 Å². The minimum absolute atomic E-state index is 0.615. The van der Waals surface area contributed by atoms with Crippen LogP contribution in [-0.2, 0) is 0 Å². The molecule has 0 saturated carbocycles. The Labute approximate surface area is 170 Å². The number of allylic oxidation sites excluding steroid dienone is 4. The summed E-state index contributed by atoms with van der Waals surface area (Å²) in [6.45, 7) is 8.99. The summed E-state index contributed by atoms with van der Waals surface area (Å²) in [6.07, 6.45) is 3.41. The van der Waals surface area contributed by atoms with Crippen LogP contribution in [0.3, 0.4) is 0 Å². The maximum absolute atomic E-state index is 2.36. The summed E-state index contributed by atoms with van der Waals surface area (Å²) < 4.78 is 0. The molecule has 0 N–H and O–H groups in total. The van der Waals surface area contributed by atoms with Gasteiger partial charge in [0.25, 0.3) is 0 Å². The Bertz CT molecular complexity index is 1040. The van der Waals surface area contributed by atoms with Gasteiger partial charge in [-0.3, -0.25) is 0 Å². The molecule has 0 nitrogen and oxygen atoms in total. The molecule has 0 spiro atoms. The summed E-state index contributed by atoms with van der Waals surface area (Å²) in [5, 5.41) is 4.39. The summed E-state index contributed by atoms with van der Waals surface area (Å²) in [5.41, 5.74) is 8.53. The molecule has 0 aliphatic heterocycles. The van der Waals surface area contributed by atoms with Gasteiger partial charge in [0.05, 0.1) is 0 Å². The van der Waals surface area contributed by atoms with Crippen molar-refractivity contribution in [2.75, 3.05) is 0 Å². The largest absolute Gasteiger partial charge is 0.0686 e. The minimum atomic E-state index is -0.615. The highest BCUT2D eigenvalue weighted by atomic mass is 31.1. The lowest BCUT2D eigenvalue weighted by Gasteiger charge is -2.26. The van der Waals surface area contributed by atoms with Crippen molar-refractivity contribution in [1.29, 1.82) is 0 Å². The maximum atomic E-state index is 2.36. The molecule has 0 atom stereocenters. The first-order chi connectivity index (χ1) is 13.6. The minimum Gasteiger partial charge on any atom is -0.0686 e. The van der Waals surface area contributed by atoms with E-state index in [1.54, 1.807) is 0 Å². The summed E-state index contributed by atoms with van der Waals surface area (Å²) in [6, 6.07) is 26.9. The highest BCUT2D eigenvalue weighted by Crippen LogP contribution is 2.40. The fourth-order valence-electron chi connectivity index (χ4n) is 4.18. The van der Waals surface area contributed by atoms with Gasteiger partial charge in [-0.05, 0) is 85.8 Å². The standard InChI is InChI=1S/C27H27P/c1-19-17-22(4)24(18-19)23-13-7-10-16-27(23)28(25-14-8-5-11-20(25)2)26-15-9-6-12-21(26)3/h5-17H,18H2,1-4H3. The molecule has 1 aliphatic carbocycles. The second kappa shape index (κ2) is 7.90. The smallest absolute Gasteiger partial charge is 0.00579 e. The van der Waals surface area contributed by atoms with Gasteiger partial charge in [-0.1, -0.05) is 84.4 Å². The van der Waals surface area contributed by atoms with E-state index in [4.69, 9.17) is 0 Å². The summed E-state index contributed by atoms with van der Waals surface area (Å²) in [5.74, 6) is 0. The molecule has 1 heteroatoms. The number of aryl methyl sites for hydroxylation is 2. The molecule has 0 amide bonds. The lowest BCUT2D eigenvalue weighted by molar-refractivity contribution is 1.26. The second-order valence-electron chi connectivity index (χ2n) is 7.75. The van der Waals surface area contributed by atoms with Gasteiger partial charge in [0.2, 0.25) is 0 Å². The van der Waals surface area contributed by atoms with E-state index < -0.39 is 7.92 Å². The first-order valence-electron chi connectivity index (χ1n) is 9.94. The molecule has 0 saturated heterocycles. The van der Waals surface area contributed by atoms with Gasteiger partial charge in [-0.15, -0.1) is 0 Å². The Morgan fingerprint density at radius 3 is 1.61 bits per heavy atom. The van der Waals surface area contributed by atoms with E-state index >= 15 is 0 Å². The van der Waals surface area contributed by atoms with Crippen molar-refractivity contribution >= 4 is 29.4 Å². The molecule has 3 aromatic carbocycles. The molecule has 0 heterocycles. The summed E-state index contributed by atoms with van der Waals surface area (Å²) in [7, 11) is -0.615. The van der Waals surface area contributed by atoms with Crippen LogP contribution < -0.4 is 15.9 Å². The van der Waals surface area contributed by atoms with E-state index in [0.717, 1.165) is 6.42 Å². The van der Waals surface area contributed by atoms with Crippen LogP contribution in [0.5, 0.6) is 0 Å². The topological polar surface area (TPSA) is 0 Å². The van der Waals surface area contributed by atoms with Crippen LogP contribution in [0.2, 0.25) is 0 Å². The number of rotatable bonds is 4. The van der Waals surface area contributed by atoms with E-state index in [-0.39, 0.29) is 0 Å². The lowest BCUT2D eigenvalue weighted by Crippen LogP contribution is -2.26. The fourth-order valence-corrected chi connectivity index (χ4v) is 6.96. The Morgan fingerprint density at radius 2 is 1.11 bits per heavy atom. The zero-order valence-corrected chi connectivity index (χ0v) is 18.1. The van der Waals surface area contributed by atoms with Gasteiger partial charge in [0.1, 0.15) is 0 Å². The van der Waals surface area contributed by atoms with E-state index in [2.05, 4.69) is 107 Å². The summed E-state index contributed by atoms with van der Waals surface area (Å²) in [4.78, 5) is 0. The number of hydrogen-bond donors (Lipinski definition) is 0. The van der Waals surface area contributed by atoms with Crippen LogP contribution in [0.25, 0.3) is 5.57 Å². The maximum Gasteiger partial charge on any atom is -0.00579 e. The molecule has 0 fully saturated rings. The lowest BCUT2D eigenvalue weighted by atomic mass is 10.0. The van der Waals surface area contributed by atoms with E-state index in [9.17, 15) is 0 Å². The molecule has 0 unspecified atom stereocenters. The molecular formula is C27H27P. The Kier molecular flexibility index (Phi) is 5.33. The van der Waals surface area contributed by atoms with Gasteiger partial charge >= 0.3 is 0 Å². The molecular weight excluding hydrogens is 355 g/mol. The Morgan fingerprint density at radius 1 is 0.607 bits per heavy atom. The van der Waals surface area contributed by atoms with Crippen molar-refractivity contribution < 1.29 is 0 Å². The molecule has 1 aliphatic rings. The van der Waals surface area contributed by atoms with Crippen molar-refractivity contribution in [3.8, 4) is 0 Å². The van der Waals surface area contributed by atoms with Gasteiger partial charge < -0.3 is 0 Å². The van der Waals surface area contributed by atoms with Gasteiger partial charge in [0.15, 0.2) is 0 Å². The summed E-state index contributed by atoms with van der Waals surface area (Å²) >= 11 is 0. The zero-order valence-electron chi connectivity index (χ0n) is 17.2. The van der Waals surface area contributed by atoms with Gasteiger partial charge in [-0.25, -0.2) is 0 Å².